The Morgan fingerprint density at radius 1 is 0.918 bits per heavy atom. The molecule has 1 aromatic rings. The molecule has 6 rings (SSSR count). The minimum Gasteiger partial charge on any atom is -0.494 e. The number of unbranched alkanes of at least 4 members (excludes halogenated alkanes) is 1. The number of hydrogen-bond acceptors (Lipinski definition) is 4. The number of carboxylic acid groups (broad SMARTS) is 1. The molecule has 0 bridgehead atoms. The number of fused-ring (bicyclic) bond motifs is 7. The first-order valence-electron chi connectivity index (χ1n) is 19.7. The van der Waals surface area contributed by atoms with Crippen molar-refractivity contribution in [3.05, 3.63) is 42.0 Å². The lowest BCUT2D eigenvalue weighted by Gasteiger charge is -2.72. The highest BCUT2D eigenvalue weighted by Crippen LogP contribution is 2.77. The van der Waals surface area contributed by atoms with Crippen molar-refractivity contribution in [1.29, 1.82) is 0 Å². The summed E-state index contributed by atoms with van der Waals surface area (Å²) in [6, 6.07) is 8.08. The van der Waals surface area contributed by atoms with Gasteiger partial charge in [0.25, 0.3) is 0 Å². The van der Waals surface area contributed by atoms with Crippen LogP contribution in [0.5, 0.6) is 5.75 Å². The Bertz CT molecular complexity index is 1420. The van der Waals surface area contributed by atoms with Crippen LogP contribution in [0.25, 0.3) is 0 Å². The Balaban J connectivity index is 1.17. The van der Waals surface area contributed by atoms with E-state index < -0.39 is 5.97 Å². The Hall–Kier alpha value is -2.34. The van der Waals surface area contributed by atoms with Gasteiger partial charge in [-0.15, -0.1) is 0 Å². The van der Waals surface area contributed by atoms with Crippen LogP contribution in [0, 0.1) is 56.7 Å². The molecule has 5 aliphatic rings. The number of ether oxygens (including phenoxy) is 1. The lowest BCUT2D eigenvalue weighted by Crippen LogP contribution is -2.67. The molecule has 0 spiro atoms. The van der Waals surface area contributed by atoms with Crippen molar-refractivity contribution in [3.8, 4) is 5.75 Å². The summed E-state index contributed by atoms with van der Waals surface area (Å²) in [6.07, 6.45) is 13.1. The van der Waals surface area contributed by atoms with Crippen LogP contribution >= 0.6 is 0 Å². The second kappa shape index (κ2) is 13.3. The van der Waals surface area contributed by atoms with Crippen LogP contribution in [-0.2, 0) is 16.0 Å². The summed E-state index contributed by atoms with van der Waals surface area (Å²) < 4.78 is 5.90. The van der Waals surface area contributed by atoms with Crippen molar-refractivity contribution in [2.75, 3.05) is 13.2 Å². The van der Waals surface area contributed by atoms with Gasteiger partial charge in [0.15, 0.2) is 0 Å². The molecule has 0 aromatic heterocycles. The summed E-state index contributed by atoms with van der Waals surface area (Å²) in [4.78, 5) is 25.3. The normalized spacial score (nSPS) is 40.6. The highest BCUT2D eigenvalue weighted by atomic mass is 16.5. The third-order valence-corrected chi connectivity index (χ3v) is 16.1. The van der Waals surface area contributed by atoms with Gasteiger partial charge in [0.2, 0.25) is 5.91 Å². The van der Waals surface area contributed by atoms with Crippen molar-refractivity contribution in [2.45, 2.75) is 138 Å². The zero-order valence-corrected chi connectivity index (χ0v) is 31.4. The molecule has 6 heteroatoms. The van der Waals surface area contributed by atoms with E-state index in [4.69, 9.17) is 9.84 Å². The van der Waals surface area contributed by atoms with Crippen LogP contribution in [0.15, 0.2) is 36.4 Å². The first-order chi connectivity index (χ1) is 23.1. The van der Waals surface area contributed by atoms with E-state index in [1.165, 1.54) is 31.3 Å². The molecule has 0 saturated heterocycles. The first-order valence-corrected chi connectivity index (χ1v) is 19.7. The molecule has 272 valence electrons. The standard InChI is InChI=1S/C43H65NO5/c1-28(2)31-16-22-43(38(48)44-25-19-29-11-10-12-30(27-29)49-26-9-8-13-36(46)47)24-23-41(6)32(37(31)43)14-15-34-40(5)20-18-35(45)39(3,4)33(40)17-21-42(34,41)7/h10-12,27,31-35,37,45H,1,8-9,13-26H2,2-7H3,(H,44,48)(H,46,47)/t31-,32?,33?,34?,35-,37?,40-,41+,42+,43-/m0/s1. The molecular formula is C43H65NO5. The van der Waals surface area contributed by atoms with Crippen molar-refractivity contribution < 1.29 is 24.5 Å². The lowest BCUT2D eigenvalue weighted by atomic mass is 9.32. The molecule has 0 heterocycles. The van der Waals surface area contributed by atoms with E-state index in [9.17, 15) is 14.7 Å². The average Bonchev–Trinajstić information content (AvgIpc) is 3.45. The molecule has 4 unspecified atom stereocenters. The molecule has 5 aliphatic carbocycles. The molecule has 49 heavy (non-hydrogen) atoms. The molecule has 1 amide bonds. The number of carbonyl (C=O) groups is 2. The van der Waals surface area contributed by atoms with Crippen molar-refractivity contribution >= 4 is 11.9 Å². The fourth-order valence-electron chi connectivity index (χ4n) is 13.4. The Morgan fingerprint density at radius 3 is 2.43 bits per heavy atom. The largest absolute Gasteiger partial charge is 0.494 e. The average molecular weight is 676 g/mol. The van der Waals surface area contributed by atoms with Gasteiger partial charge < -0.3 is 20.3 Å². The lowest BCUT2D eigenvalue weighted by molar-refractivity contribution is -0.246. The number of rotatable bonds is 11. The molecule has 5 fully saturated rings. The van der Waals surface area contributed by atoms with E-state index in [1.807, 2.05) is 18.2 Å². The topological polar surface area (TPSA) is 95.9 Å². The number of carbonyl (C=O) groups excluding carboxylic acids is 1. The van der Waals surface area contributed by atoms with Crippen LogP contribution in [0.3, 0.4) is 0 Å². The number of hydrogen-bond donors (Lipinski definition) is 3. The summed E-state index contributed by atoms with van der Waals surface area (Å²) in [5.74, 6) is 2.76. The number of aliphatic hydroxyl groups is 1. The minimum absolute atomic E-state index is 0.0416. The van der Waals surface area contributed by atoms with Crippen molar-refractivity contribution in [2.24, 2.45) is 56.7 Å². The quantitative estimate of drug-likeness (QED) is 0.161. The van der Waals surface area contributed by atoms with Gasteiger partial charge in [-0.25, -0.2) is 0 Å². The second-order valence-electron chi connectivity index (χ2n) is 18.6. The molecule has 0 radical (unpaired) electrons. The third-order valence-electron chi connectivity index (χ3n) is 16.1. The van der Waals surface area contributed by atoms with Gasteiger partial charge >= 0.3 is 5.97 Å². The SMILES string of the molecule is C=C(C)[C@@H]1CC[C@]2(C(=O)NCCc3cccc(OCCCCC(=O)O)c3)CC[C@]3(C)C(CCC4[C@@]5(C)CC[C@H](O)C(C)(C)C5CC[C@]43C)C12. The monoisotopic (exact) mass is 675 g/mol. The minimum atomic E-state index is -0.769. The van der Waals surface area contributed by atoms with Gasteiger partial charge in [-0.05, 0) is 159 Å². The van der Waals surface area contributed by atoms with Crippen molar-refractivity contribution in [3.63, 3.8) is 0 Å². The molecule has 1 aromatic carbocycles. The van der Waals surface area contributed by atoms with E-state index in [0.29, 0.717) is 55.6 Å². The first kappa shape index (κ1) is 36.5. The molecular weight excluding hydrogens is 610 g/mol. The van der Waals surface area contributed by atoms with Gasteiger partial charge in [-0.1, -0.05) is 58.9 Å². The number of nitrogens with one attached hydrogen (secondary N) is 1. The Labute approximate surface area is 296 Å². The molecule has 0 aliphatic heterocycles. The zero-order chi connectivity index (χ0) is 35.4. The summed E-state index contributed by atoms with van der Waals surface area (Å²) in [5.41, 5.74) is 2.69. The highest BCUT2D eigenvalue weighted by Gasteiger charge is 2.71. The van der Waals surface area contributed by atoms with Crippen LogP contribution in [0.1, 0.15) is 131 Å². The molecule has 6 nitrogen and oxygen atoms in total. The number of benzene rings is 1. The maximum atomic E-state index is 14.5. The van der Waals surface area contributed by atoms with Crippen LogP contribution in [0.4, 0.5) is 0 Å². The smallest absolute Gasteiger partial charge is 0.303 e. The summed E-state index contributed by atoms with van der Waals surface area (Å²) in [5, 5.41) is 23.4. The molecule has 10 atom stereocenters. The predicted octanol–water partition coefficient (Wildman–Crippen LogP) is 9.00. The summed E-state index contributed by atoms with van der Waals surface area (Å²) in [7, 11) is 0. The van der Waals surface area contributed by atoms with Crippen molar-refractivity contribution in [1.82, 2.24) is 5.32 Å². The molecule has 3 N–H and O–H groups in total. The van der Waals surface area contributed by atoms with Gasteiger partial charge in [0.1, 0.15) is 5.75 Å². The summed E-state index contributed by atoms with van der Waals surface area (Å²) in [6.45, 7) is 20.4. The number of carboxylic acids is 1. The Morgan fingerprint density at radius 2 is 1.69 bits per heavy atom. The number of amides is 1. The van der Waals surface area contributed by atoms with E-state index in [0.717, 1.165) is 56.3 Å². The van der Waals surface area contributed by atoms with Gasteiger partial charge in [0.05, 0.1) is 18.1 Å². The zero-order valence-electron chi connectivity index (χ0n) is 31.4. The fourth-order valence-corrected chi connectivity index (χ4v) is 13.4. The molecule has 5 saturated carbocycles. The van der Waals surface area contributed by atoms with Crippen LogP contribution < -0.4 is 10.1 Å². The van der Waals surface area contributed by atoms with Crippen LogP contribution in [-0.4, -0.2) is 41.3 Å². The fraction of sp³-hybridized carbons (Fsp3) is 0.767. The number of aliphatic hydroxyl groups excluding tert-OH is 1. The van der Waals surface area contributed by atoms with E-state index >= 15 is 0 Å². The maximum absolute atomic E-state index is 14.5. The third kappa shape index (κ3) is 5.98. The van der Waals surface area contributed by atoms with Gasteiger partial charge in [-0.2, -0.15) is 0 Å². The van der Waals surface area contributed by atoms with E-state index in [1.54, 1.807) is 0 Å². The summed E-state index contributed by atoms with van der Waals surface area (Å²) >= 11 is 0. The number of aliphatic carboxylic acids is 1. The van der Waals surface area contributed by atoms with E-state index in [-0.39, 0.29) is 45.5 Å². The second-order valence-corrected chi connectivity index (χ2v) is 18.6. The van der Waals surface area contributed by atoms with E-state index in [2.05, 4.69) is 59.5 Å². The maximum Gasteiger partial charge on any atom is 0.303 e. The highest BCUT2D eigenvalue weighted by molar-refractivity contribution is 5.84. The van der Waals surface area contributed by atoms with Crippen LogP contribution in [0.2, 0.25) is 0 Å². The number of allylic oxidation sites excluding steroid dienone is 1. The predicted molar refractivity (Wildman–Crippen MR) is 195 cm³/mol. The van der Waals surface area contributed by atoms with Gasteiger partial charge in [0, 0.05) is 13.0 Å². The van der Waals surface area contributed by atoms with Gasteiger partial charge in [-0.3, -0.25) is 9.59 Å². The Kier molecular flexibility index (Phi) is 9.92.